The second-order valence-electron chi connectivity index (χ2n) is 7.21. The highest BCUT2D eigenvalue weighted by Gasteiger charge is 2.24. The second kappa shape index (κ2) is 7.44. The van der Waals surface area contributed by atoms with Crippen molar-refractivity contribution in [3.8, 4) is 5.69 Å². The topological polar surface area (TPSA) is 98.7 Å². The minimum absolute atomic E-state index is 0.159. The molecule has 7 heteroatoms. The highest BCUT2D eigenvalue weighted by atomic mass is 16.2. The van der Waals surface area contributed by atoms with E-state index in [4.69, 9.17) is 5.73 Å². The van der Waals surface area contributed by atoms with Gasteiger partial charge < -0.3 is 11.1 Å². The molecule has 3 N–H and O–H groups in total. The third kappa shape index (κ3) is 3.42. The molecule has 0 aliphatic heterocycles. The Morgan fingerprint density at radius 1 is 1.22 bits per heavy atom. The summed E-state index contributed by atoms with van der Waals surface area (Å²) in [5.74, 6) is 0.425. The number of carbonyl (C=O) groups excluding carboxylic acids is 1. The van der Waals surface area contributed by atoms with Crippen LogP contribution in [0.15, 0.2) is 36.5 Å². The van der Waals surface area contributed by atoms with Gasteiger partial charge >= 0.3 is 0 Å². The fourth-order valence-corrected chi connectivity index (χ4v) is 3.84. The molecule has 140 valence electrons. The minimum Gasteiger partial charge on any atom is -0.348 e. The molecule has 1 saturated carbocycles. The number of nitrogens with two attached hydrogens (primary N) is 1. The maximum atomic E-state index is 12.7. The summed E-state index contributed by atoms with van der Waals surface area (Å²) in [5, 5.41) is 12.5. The Labute approximate surface area is 158 Å². The molecule has 4 rings (SSSR count). The first-order valence-electron chi connectivity index (χ1n) is 9.44. The molecule has 0 unspecified atom stereocenters. The Hall–Kier alpha value is -2.80. The van der Waals surface area contributed by atoms with E-state index >= 15 is 0 Å². The minimum atomic E-state index is -0.159. The fourth-order valence-electron chi connectivity index (χ4n) is 3.84. The molecule has 1 aromatic carbocycles. The van der Waals surface area contributed by atoms with Crippen LogP contribution in [-0.2, 0) is 0 Å². The van der Waals surface area contributed by atoms with Gasteiger partial charge in [0.1, 0.15) is 0 Å². The van der Waals surface area contributed by atoms with E-state index in [9.17, 15) is 4.79 Å². The van der Waals surface area contributed by atoms with Crippen molar-refractivity contribution < 1.29 is 4.79 Å². The molecule has 0 spiro atoms. The quantitative estimate of drug-likeness (QED) is 0.740. The van der Waals surface area contributed by atoms with Crippen molar-refractivity contribution in [2.75, 3.05) is 6.54 Å². The third-order valence-electron chi connectivity index (χ3n) is 5.48. The monoisotopic (exact) mass is 364 g/mol. The molecule has 7 nitrogen and oxygen atoms in total. The highest BCUT2D eigenvalue weighted by Crippen LogP contribution is 2.24. The molecule has 3 aromatic rings. The van der Waals surface area contributed by atoms with E-state index in [1.54, 1.807) is 10.9 Å². The van der Waals surface area contributed by atoms with E-state index in [0.29, 0.717) is 11.6 Å². The first kappa shape index (κ1) is 17.6. The number of hydrogen-bond acceptors (Lipinski definition) is 5. The van der Waals surface area contributed by atoms with Crippen LogP contribution in [0.2, 0.25) is 0 Å². The highest BCUT2D eigenvalue weighted by molar-refractivity contribution is 5.94. The Bertz CT molecular complexity index is 953. The van der Waals surface area contributed by atoms with Crippen molar-refractivity contribution in [3.05, 3.63) is 47.9 Å². The summed E-state index contributed by atoms with van der Waals surface area (Å²) in [4.78, 5) is 17.1. The molecule has 0 saturated heterocycles. The summed E-state index contributed by atoms with van der Waals surface area (Å²) in [5.41, 5.74) is 8.59. The lowest BCUT2D eigenvalue weighted by Crippen LogP contribution is -2.39. The SMILES string of the molecule is Cc1c(C(=O)NC2CCC(CN)CC2)nnn1-c1cccc2ncccc12. The molecule has 0 bridgehead atoms. The summed E-state index contributed by atoms with van der Waals surface area (Å²) in [6.07, 6.45) is 5.83. The van der Waals surface area contributed by atoms with Crippen LogP contribution in [0.25, 0.3) is 16.6 Å². The van der Waals surface area contributed by atoms with E-state index in [2.05, 4.69) is 20.6 Å². The van der Waals surface area contributed by atoms with Crippen LogP contribution in [0, 0.1) is 12.8 Å². The lowest BCUT2D eigenvalue weighted by molar-refractivity contribution is 0.0916. The molecule has 1 fully saturated rings. The Morgan fingerprint density at radius 2 is 2.04 bits per heavy atom. The largest absolute Gasteiger partial charge is 0.348 e. The molecule has 0 atom stereocenters. The second-order valence-corrected chi connectivity index (χ2v) is 7.21. The number of benzene rings is 1. The molecular formula is C20H24N6O. The van der Waals surface area contributed by atoms with Crippen LogP contribution in [0.5, 0.6) is 0 Å². The number of rotatable bonds is 4. The van der Waals surface area contributed by atoms with Gasteiger partial charge in [0.05, 0.1) is 16.9 Å². The zero-order chi connectivity index (χ0) is 18.8. The smallest absolute Gasteiger partial charge is 0.273 e. The van der Waals surface area contributed by atoms with Gasteiger partial charge in [-0.05, 0) is 69.3 Å². The first-order chi connectivity index (χ1) is 13.2. The predicted molar refractivity (Wildman–Crippen MR) is 104 cm³/mol. The zero-order valence-electron chi connectivity index (χ0n) is 15.4. The van der Waals surface area contributed by atoms with Crippen molar-refractivity contribution in [1.82, 2.24) is 25.3 Å². The number of hydrogen-bond donors (Lipinski definition) is 2. The van der Waals surface area contributed by atoms with Gasteiger partial charge in [0.2, 0.25) is 0 Å². The maximum absolute atomic E-state index is 12.7. The van der Waals surface area contributed by atoms with E-state index < -0.39 is 0 Å². The van der Waals surface area contributed by atoms with Crippen molar-refractivity contribution in [2.45, 2.75) is 38.6 Å². The van der Waals surface area contributed by atoms with Crippen molar-refractivity contribution in [1.29, 1.82) is 0 Å². The normalized spacial score (nSPS) is 19.9. The number of carbonyl (C=O) groups is 1. The van der Waals surface area contributed by atoms with Crippen LogP contribution >= 0.6 is 0 Å². The van der Waals surface area contributed by atoms with Gasteiger partial charge in [-0.3, -0.25) is 9.78 Å². The number of fused-ring (bicyclic) bond motifs is 1. The number of nitrogens with zero attached hydrogens (tertiary/aromatic N) is 4. The lowest BCUT2D eigenvalue weighted by atomic mass is 9.86. The Morgan fingerprint density at radius 3 is 2.81 bits per heavy atom. The number of pyridine rings is 1. The van der Waals surface area contributed by atoms with Crippen LogP contribution in [0.3, 0.4) is 0 Å². The first-order valence-corrected chi connectivity index (χ1v) is 9.44. The Balaban J connectivity index is 1.56. The molecule has 2 aromatic heterocycles. The Kier molecular flexibility index (Phi) is 4.85. The standard InChI is InChI=1S/C20H24N6O/c1-13-19(20(27)23-15-9-7-14(12-21)8-10-15)24-25-26(13)18-6-2-5-17-16(18)4-3-11-22-17/h2-6,11,14-15H,7-10,12,21H2,1H3,(H,23,27). The van der Waals surface area contributed by atoms with Crippen LogP contribution in [-0.4, -0.2) is 38.5 Å². The van der Waals surface area contributed by atoms with Gasteiger partial charge in [0.15, 0.2) is 5.69 Å². The van der Waals surface area contributed by atoms with Gasteiger partial charge in [-0.2, -0.15) is 0 Å². The fraction of sp³-hybridized carbons (Fsp3) is 0.400. The van der Waals surface area contributed by atoms with Gasteiger partial charge in [0.25, 0.3) is 5.91 Å². The van der Waals surface area contributed by atoms with E-state index in [1.807, 2.05) is 37.3 Å². The summed E-state index contributed by atoms with van der Waals surface area (Å²) < 4.78 is 1.71. The van der Waals surface area contributed by atoms with Gasteiger partial charge in [-0.15, -0.1) is 5.10 Å². The third-order valence-corrected chi connectivity index (χ3v) is 5.48. The van der Waals surface area contributed by atoms with Gasteiger partial charge in [-0.25, -0.2) is 4.68 Å². The number of aromatic nitrogens is 4. The van der Waals surface area contributed by atoms with Gasteiger partial charge in [-0.1, -0.05) is 11.3 Å². The van der Waals surface area contributed by atoms with Crippen LogP contribution in [0.4, 0.5) is 0 Å². The predicted octanol–water partition coefficient (Wildman–Crippen LogP) is 2.37. The van der Waals surface area contributed by atoms with Crippen molar-refractivity contribution in [2.24, 2.45) is 11.7 Å². The molecular weight excluding hydrogens is 340 g/mol. The summed E-state index contributed by atoms with van der Waals surface area (Å²) in [6.45, 7) is 2.60. The number of amides is 1. The lowest BCUT2D eigenvalue weighted by Gasteiger charge is -2.28. The van der Waals surface area contributed by atoms with Crippen LogP contribution in [0.1, 0.15) is 41.9 Å². The van der Waals surface area contributed by atoms with Crippen molar-refractivity contribution >= 4 is 16.8 Å². The molecule has 0 radical (unpaired) electrons. The average Bonchev–Trinajstić information content (AvgIpc) is 3.09. The van der Waals surface area contributed by atoms with Crippen LogP contribution < -0.4 is 11.1 Å². The van der Waals surface area contributed by atoms with E-state index in [0.717, 1.165) is 54.5 Å². The summed E-state index contributed by atoms with van der Waals surface area (Å²) >= 11 is 0. The number of nitrogens with one attached hydrogen (secondary N) is 1. The molecule has 1 aliphatic carbocycles. The van der Waals surface area contributed by atoms with Crippen molar-refractivity contribution in [3.63, 3.8) is 0 Å². The average molecular weight is 364 g/mol. The zero-order valence-corrected chi connectivity index (χ0v) is 15.4. The summed E-state index contributed by atoms with van der Waals surface area (Å²) in [6, 6.07) is 9.92. The molecule has 1 amide bonds. The summed E-state index contributed by atoms with van der Waals surface area (Å²) in [7, 11) is 0. The maximum Gasteiger partial charge on any atom is 0.273 e. The van der Waals surface area contributed by atoms with E-state index in [-0.39, 0.29) is 11.9 Å². The van der Waals surface area contributed by atoms with E-state index in [1.165, 1.54) is 0 Å². The molecule has 1 aliphatic rings. The molecule has 2 heterocycles. The molecule has 27 heavy (non-hydrogen) atoms. The van der Waals surface area contributed by atoms with Gasteiger partial charge in [0, 0.05) is 17.6 Å².